The van der Waals surface area contributed by atoms with Crippen LogP contribution in [0.5, 0.6) is 0 Å². The molecule has 1 aliphatic rings. The molecule has 2 aromatic rings. The van der Waals surface area contributed by atoms with Crippen LogP contribution in [0, 0.1) is 6.92 Å². The number of thiazole rings is 1. The number of hydrogen-bond acceptors (Lipinski definition) is 6. The smallest absolute Gasteiger partial charge is 0.191 e. The Morgan fingerprint density at radius 2 is 2.22 bits per heavy atom. The van der Waals surface area contributed by atoms with Crippen LogP contribution in [0.4, 0.5) is 0 Å². The molecule has 1 fully saturated rings. The van der Waals surface area contributed by atoms with E-state index in [0.29, 0.717) is 18.9 Å². The van der Waals surface area contributed by atoms with Gasteiger partial charge < -0.3 is 10.6 Å². The standard InChI is InChI=1S/C17H24N4O2S3.HI/c1-3-18-17(21-13-7-9-26(22,23)11-13)19-8-6-14-4-5-16(25-14)15-10-24-12(2)20-15;/h4-5,10,13H,3,6-9,11H2,1-2H3,(H2,18,19,21);1H. The van der Waals surface area contributed by atoms with Gasteiger partial charge >= 0.3 is 0 Å². The summed E-state index contributed by atoms with van der Waals surface area (Å²) in [5.74, 6) is 1.15. The van der Waals surface area contributed by atoms with E-state index >= 15 is 0 Å². The fourth-order valence-electron chi connectivity index (χ4n) is 2.83. The minimum Gasteiger partial charge on any atom is -0.357 e. The molecule has 0 bridgehead atoms. The number of aromatic nitrogens is 1. The molecule has 3 rings (SSSR count). The van der Waals surface area contributed by atoms with E-state index in [-0.39, 0.29) is 41.5 Å². The maximum Gasteiger partial charge on any atom is 0.191 e. The predicted octanol–water partition coefficient (Wildman–Crippen LogP) is 3.08. The predicted molar refractivity (Wildman–Crippen MR) is 125 cm³/mol. The van der Waals surface area contributed by atoms with E-state index in [9.17, 15) is 8.42 Å². The van der Waals surface area contributed by atoms with Gasteiger partial charge in [0.25, 0.3) is 0 Å². The van der Waals surface area contributed by atoms with Gasteiger partial charge in [-0.15, -0.1) is 46.7 Å². The fraction of sp³-hybridized carbons (Fsp3) is 0.529. The van der Waals surface area contributed by atoms with Crippen LogP contribution in [0.2, 0.25) is 0 Å². The largest absolute Gasteiger partial charge is 0.357 e. The Morgan fingerprint density at radius 3 is 2.85 bits per heavy atom. The van der Waals surface area contributed by atoms with E-state index in [1.54, 1.807) is 22.7 Å². The maximum absolute atomic E-state index is 11.6. The minimum absolute atomic E-state index is 0. The third kappa shape index (κ3) is 6.68. The summed E-state index contributed by atoms with van der Waals surface area (Å²) in [7, 11) is -2.89. The number of hydrogen-bond donors (Lipinski definition) is 2. The Balaban J connectivity index is 0.00000261. The molecule has 0 amide bonds. The van der Waals surface area contributed by atoms with Gasteiger partial charge in [0.05, 0.1) is 27.1 Å². The van der Waals surface area contributed by atoms with Crippen LogP contribution in [0.3, 0.4) is 0 Å². The molecule has 1 saturated heterocycles. The van der Waals surface area contributed by atoms with Crippen LogP contribution in [0.1, 0.15) is 23.2 Å². The van der Waals surface area contributed by atoms with Gasteiger partial charge in [0.1, 0.15) is 0 Å². The van der Waals surface area contributed by atoms with Crippen molar-refractivity contribution in [2.75, 3.05) is 24.6 Å². The highest BCUT2D eigenvalue weighted by Crippen LogP contribution is 2.29. The SMILES string of the molecule is CCNC(=NCCc1ccc(-c2csc(C)n2)s1)NC1CCS(=O)(=O)C1.I. The van der Waals surface area contributed by atoms with Gasteiger partial charge in [0, 0.05) is 35.8 Å². The number of sulfone groups is 1. The average Bonchev–Trinajstić information content (AvgIpc) is 3.28. The summed E-state index contributed by atoms with van der Waals surface area (Å²) in [5, 5.41) is 9.61. The number of rotatable bonds is 6. The zero-order valence-corrected chi connectivity index (χ0v) is 20.2. The van der Waals surface area contributed by atoms with Gasteiger partial charge in [-0.05, 0) is 32.4 Å². The van der Waals surface area contributed by atoms with Crippen molar-refractivity contribution in [1.29, 1.82) is 0 Å². The molecule has 0 aromatic carbocycles. The first-order valence-corrected chi connectivity index (χ1v) is 12.2. The highest BCUT2D eigenvalue weighted by atomic mass is 127. The van der Waals surface area contributed by atoms with Gasteiger partial charge in [-0.3, -0.25) is 4.99 Å². The normalized spacial score (nSPS) is 18.9. The lowest BCUT2D eigenvalue weighted by Crippen LogP contribution is -2.44. The van der Waals surface area contributed by atoms with Crippen LogP contribution in [-0.4, -0.2) is 50.0 Å². The average molecular weight is 541 g/mol. The number of nitrogens with zero attached hydrogens (tertiary/aromatic N) is 2. The Hall–Kier alpha value is -0.720. The van der Waals surface area contributed by atoms with Crippen molar-refractivity contribution in [3.63, 3.8) is 0 Å². The number of aliphatic imine (C=N–C) groups is 1. The monoisotopic (exact) mass is 540 g/mol. The highest BCUT2D eigenvalue weighted by Gasteiger charge is 2.28. The Kier molecular flexibility index (Phi) is 8.50. The molecule has 1 atom stereocenters. The second-order valence-corrected chi connectivity index (χ2v) is 10.7. The quantitative estimate of drug-likeness (QED) is 0.335. The molecule has 2 N–H and O–H groups in total. The van der Waals surface area contributed by atoms with Crippen molar-refractivity contribution in [3.05, 3.63) is 27.4 Å². The van der Waals surface area contributed by atoms with E-state index in [4.69, 9.17) is 0 Å². The van der Waals surface area contributed by atoms with Gasteiger partial charge in [0.15, 0.2) is 15.8 Å². The van der Waals surface area contributed by atoms with Crippen LogP contribution < -0.4 is 10.6 Å². The number of halogens is 1. The second-order valence-electron chi connectivity index (χ2n) is 6.27. The molecular weight excluding hydrogens is 515 g/mol. The van der Waals surface area contributed by atoms with Gasteiger partial charge in [-0.1, -0.05) is 0 Å². The lowest BCUT2D eigenvalue weighted by Gasteiger charge is -2.15. The molecule has 1 unspecified atom stereocenters. The molecule has 10 heteroatoms. The number of aryl methyl sites for hydroxylation is 1. The summed E-state index contributed by atoms with van der Waals surface area (Å²) in [6, 6.07) is 4.21. The molecule has 3 heterocycles. The summed E-state index contributed by atoms with van der Waals surface area (Å²) >= 11 is 3.42. The lowest BCUT2D eigenvalue weighted by atomic mass is 10.3. The van der Waals surface area contributed by atoms with Crippen LogP contribution in [0.25, 0.3) is 10.6 Å². The van der Waals surface area contributed by atoms with E-state index in [0.717, 1.165) is 23.7 Å². The summed E-state index contributed by atoms with van der Waals surface area (Å²) in [5.41, 5.74) is 1.05. The van der Waals surface area contributed by atoms with E-state index in [1.165, 1.54) is 9.75 Å². The molecular formula is C17H25IN4O2S3. The van der Waals surface area contributed by atoms with Crippen molar-refractivity contribution in [2.24, 2.45) is 4.99 Å². The minimum atomic E-state index is -2.89. The summed E-state index contributed by atoms with van der Waals surface area (Å²) < 4.78 is 23.2. The van der Waals surface area contributed by atoms with E-state index < -0.39 is 9.84 Å². The zero-order valence-electron chi connectivity index (χ0n) is 15.4. The molecule has 0 spiro atoms. The van der Waals surface area contributed by atoms with Crippen molar-refractivity contribution in [2.45, 2.75) is 32.7 Å². The van der Waals surface area contributed by atoms with Crippen LogP contribution in [-0.2, 0) is 16.3 Å². The zero-order chi connectivity index (χ0) is 18.6. The van der Waals surface area contributed by atoms with E-state index in [2.05, 4.69) is 38.1 Å². The first kappa shape index (κ1) is 22.6. The van der Waals surface area contributed by atoms with Gasteiger partial charge in [-0.25, -0.2) is 13.4 Å². The maximum atomic E-state index is 11.6. The Labute approximate surface area is 185 Å². The molecule has 0 aliphatic carbocycles. The lowest BCUT2D eigenvalue weighted by molar-refractivity contribution is 0.599. The molecule has 0 radical (unpaired) electrons. The van der Waals surface area contributed by atoms with Gasteiger partial charge in [-0.2, -0.15) is 0 Å². The molecule has 27 heavy (non-hydrogen) atoms. The van der Waals surface area contributed by atoms with Gasteiger partial charge in [0.2, 0.25) is 0 Å². The van der Waals surface area contributed by atoms with Crippen molar-refractivity contribution in [3.8, 4) is 10.6 Å². The van der Waals surface area contributed by atoms with Crippen LogP contribution in [0.15, 0.2) is 22.5 Å². The highest BCUT2D eigenvalue weighted by molar-refractivity contribution is 14.0. The number of guanidine groups is 1. The molecule has 150 valence electrons. The third-order valence-corrected chi connectivity index (χ3v) is 7.79. The first-order chi connectivity index (χ1) is 12.4. The number of nitrogens with one attached hydrogen (secondary N) is 2. The first-order valence-electron chi connectivity index (χ1n) is 8.71. The molecule has 1 aliphatic heterocycles. The van der Waals surface area contributed by atoms with Crippen LogP contribution >= 0.6 is 46.7 Å². The van der Waals surface area contributed by atoms with Crippen molar-refractivity contribution in [1.82, 2.24) is 15.6 Å². The molecule has 0 saturated carbocycles. The molecule has 6 nitrogen and oxygen atoms in total. The van der Waals surface area contributed by atoms with Crippen molar-refractivity contribution >= 4 is 62.4 Å². The fourth-order valence-corrected chi connectivity index (χ4v) is 6.14. The topological polar surface area (TPSA) is 83.4 Å². The summed E-state index contributed by atoms with van der Waals surface area (Å²) in [6.45, 7) is 5.43. The second kappa shape index (κ2) is 10.2. The van der Waals surface area contributed by atoms with E-state index in [1.807, 2.05) is 13.8 Å². The molecule has 2 aromatic heterocycles. The summed E-state index contributed by atoms with van der Waals surface area (Å²) in [4.78, 5) is 11.6. The van der Waals surface area contributed by atoms with Crippen molar-refractivity contribution < 1.29 is 8.42 Å². The summed E-state index contributed by atoms with van der Waals surface area (Å²) in [6.07, 6.45) is 1.50. The number of thiophene rings is 1. The Bertz CT molecular complexity index is 876. The Morgan fingerprint density at radius 1 is 1.41 bits per heavy atom. The third-order valence-electron chi connectivity index (χ3n) is 4.08.